The van der Waals surface area contributed by atoms with Crippen LogP contribution in [0.25, 0.3) is 11.3 Å². The van der Waals surface area contributed by atoms with E-state index in [1.807, 2.05) is 49.6 Å². The predicted octanol–water partition coefficient (Wildman–Crippen LogP) is 4.47. The van der Waals surface area contributed by atoms with E-state index in [2.05, 4.69) is 10.3 Å². The summed E-state index contributed by atoms with van der Waals surface area (Å²) in [7, 11) is -2.33. The van der Waals surface area contributed by atoms with E-state index >= 15 is 0 Å². The number of hydrogen-bond donors (Lipinski definition) is 1. The fraction of sp³-hybridized carbons (Fsp3) is 0.333. The van der Waals surface area contributed by atoms with Crippen molar-refractivity contribution >= 4 is 33.0 Å². The third kappa shape index (κ3) is 5.10. The second kappa shape index (κ2) is 9.62. The number of carbonyl (C=O) groups is 1. The average molecular weight is 486 g/mol. The molecule has 7 nitrogen and oxygen atoms in total. The molecule has 2 heterocycles. The highest BCUT2D eigenvalue weighted by Crippen LogP contribution is 2.31. The van der Waals surface area contributed by atoms with Gasteiger partial charge in [0.2, 0.25) is 15.9 Å². The summed E-state index contributed by atoms with van der Waals surface area (Å²) in [5, 5.41) is 5.93. The summed E-state index contributed by atoms with van der Waals surface area (Å²) < 4.78 is 33.4. The van der Waals surface area contributed by atoms with Crippen molar-refractivity contribution in [1.82, 2.24) is 9.29 Å². The summed E-state index contributed by atoms with van der Waals surface area (Å²) >= 11 is 1.58. The van der Waals surface area contributed by atoms with Crippen LogP contribution in [0.15, 0.2) is 52.7 Å². The molecule has 1 unspecified atom stereocenters. The molecule has 4 rings (SSSR count). The van der Waals surface area contributed by atoms with Crippen LogP contribution in [0, 0.1) is 19.8 Å². The number of aromatic nitrogens is 1. The van der Waals surface area contributed by atoms with Gasteiger partial charge in [0.15, 0.2) is 0 Å². The molecule has 1 N–H and O–H groups in total. The van der Waals surface area contributed by atoms with Crippen molar-refractivity contribution in [3.8, 4) is 17.0 Å². The molecule has 1 saturated heterocycles. The molecule has 0 aliphatic carbocycles. The number of nitrogens with one attached hydrogen (secondary N) is 1. The first-order valence-electron chi connectivity index (χ1n) is 10.8. The molecule has 1 aliphatic heterocycles. The van der Waals surface area contributed by atoms with Crippen LogP contribution in [-0.2, 0) is 14.8 Å². The maximum atomic E-state index is 13.4. The Balaban J connectivity index is 1.50. The molecule has 1 aromatic heterocycles. The zero-order chi connectivity index (χ0) is 23.6. The van der Waals surface area contributed by atoms with Crippen molar-refractivity contribution in [2.45, 2.75) is 31.6 Å². The van der Waals surface area contributed by atoms with E-state index in [1.165, 1.54) is 11.4 Å². The van der Waals surface area contributed by atoms with Gasteiger partial charge in [-0.05, 0) is 56.5 Å². The fourth-order valence-corrected chi connectivity index (χ4v) is 6.38. The molecule has 1 aliphatic rings. The topological polar surface area (TPSA) is 88.6 Å². The zero-order valence-corrected chi connectivity index (χ0v) is 20.5. The van der Waals surface area contributed by atoms with Crippen LogP contribution in [0.1, 0.15) is 23.4 Å². The molecule has 2 aromatic carbocycles. The number of ether oxygens (including phenoxy) is 1. The maximum Gasteiger partial charge on any atom is 0.246 e. The Hall–Kier alpha value is -2.75. The van der Waals surface area contributed by atoms with Gasteiger partial charge in [-0.25, -0.2) is 13.4 Å². The van der Waals surface area contributed by atoms with Crippen LogP contribution in [0.5, 0.6) is 5.75 Å². The van der Waals surface area contributed by atoms with Crippen LogP contribution in [0.2, 0.25) is 0 Å². The number of hydrogen-bond acceptors (Lipinski definition) is 6. The molecule has 0 spiro atoms. The number of rotatable bonds is 6. The number of methoxy groups -OCH3 is 1. The molecule has 9 heteroatoms. The van der Waals surface area contributed by atoms with Crippen molar-refractivity contribution in [1.29, 1.82) is 0 Å². The van der Waals surface area contributed by atoms with Gasteiger partial charge in [0.05, 0.1) is 23.7 Å². The molecule has 1 atom stereocenters. The Morgan fingerprint density at radius 3 is 2.76 bits per heavy atom. The number of anilines is 1. The van der Waals surface area contributed by atoms with Gasteiger partial charge < -0.3 is 10.1 Å². The van der Waals surface area contributed by atoms with E-state index in [0.29, 0.717) is 30.8 Å². The van der Waals surface area contributed by atoms with Crippen molar-refractivity contribution in [2.75, 3.05) is 25.5 Å². The first kappa shape index (κ1) is 23.4. The Morgan fingerprint density at radius 2 is 2.03 bits per heavy atom. The maximum absolute atomic E-state index is 13.4. The molecule has 1 fully saturated rings. The molecular formula is C24H27N3O4S2. The Bertz CT molecular complexity index is 1270. The van der Waals surface area contributed by atoms with Crippen molar-refractivity contribution in [3.05, 3.63) is 58.4 Å². The molecule has 0 radical (unpaired) electrons. The van der Waals surface area contributed by atoms with Gasteiger partial charge in [-0.3, -0.25) is 4.79 Å². The molecule has 0 saturated carbocycles. The van der Waals surface area contributed by atoms with Crippen molar-refractivity contribution in [3.63, 3.8) is 0 Å². The summed E-state index contributed by atoms with van der Waals surface area (Å²) in [5.41, 5.74) is 3.30. The lowest BCUT2D eigenvalue weighted by atomic mass is 9.98. The summed E-state index contributed by atoms with van der Waals surface area (Å²) in [5.74, 6) is -0.312. The monoisotopic (exact) mass is 485 g/mol. The molecular weight excluding hydrogens is 458 g/mol. The van der Waals surface area contributed by atoms with Gasteiger partial charge in [0, 0.05) is 29.7 Å². The zero-order valence-electron chi connectivity index (χ0n) is 18.9. The first-order chi connectivity index (χ1) is 15.8. The predicted molar refractivity (Wildman–Crippen MR) is 130 cm³/mol. The van der Waals surface area contributed by atoms with Gasteiger partial charge in [-0.1, -0.05) is 18.2 Å². The van der Waals surface area contributed by atoms with Gasteiger partial charge in [-0.2, -0.15) is 4.31 Å². The average Bonchev–Trinajstić information content (AvgIpc) is 3.25. The highest BCUT2D eigenvalue weighted by atomic mass is 32.2. The van der Waals surface area contributed by atoms with E-state index in [0.717, 1.165) is 21.8 Å². The molecule has 174 valence electrons. The molecule has 0 bridgehead atoms. The number of amides is 1. The SMILES string of the molecule is COc1ccc(C)cc1S(=O)(=O)N1CCCC(C(=O)Nc2cccc(-c3csc(C)n3)c2)C1. The Morgan fingerprint density at radius 1 is 1.21 bits per heavy atom. The standard InChI is InChI=1S/C24H27N3O4S2/c1-16-9-10-22(31-3)23(12-16)33(29,30)27-11-5-7-19(14-27)24(28)26-20-8-4-6-18(13-20)21-15-32-17(2)25-21/h4,6,8-10,12-13,15,19H,5,7,11,14H2,1-3H3,(H,26,28). The minimum Gasteiger partial charge on any atom is -0.495 e. The van der Waals surface area contributed by atoms with E-state index in [1.54, 1.807) is 23.5 Å². The third-order valence-electron chi connectivity index (χ3n) is 5.74. The number of thiazole rings is 1. The van der Waals surface area contributed by atoms with Gasteiger partial charge in [0.25, 0.3) is 0 Å². The lowest BCUT2D eigenvalue weighted by Gasteiger charge is -2.31. The van der Waals surface area contributed by atoms with Crippen molar-refractivity contribution < 1.29 is 17.9 Å². The number of nitrogens with zero attached hydrogens (tertiary/aromatic N) is 2. The number of carbonyl (C=O) groups excluding carboxylic acids is 1. The highest BCUT2D eigenvalue weighted by Gasteiger charge is 2.35. The summed E-state index contributed by atoms with van der Waals surface area (Å²) in [4.78, 5) is 17.7. The number of sulfonamides is 1. The van der Waals surface area contributed by atoms with E-state index in [-0.39, 0.29) is 17.3 Å². The molecule has 1 amide bonds. The normalized spacial score (nSPS) is 17.0. The number of benzene rings is 2. The quantitative estimate of drug-likeness (QED) is 0.556. The molecule has 33 heavy (non-hydrogen) atoms. The lowest BCUT2D eigenvalue weighted by molar-refractivity contribution is -0.120. The van der Waals surface area contributed by atoms with Crippen molar-refractivity contribution in [2.24, 2.45) is 5.92 Å². The first-order valence-corrected chi connectivity index (χ1v) is 13.1. The summed E-state index contributed by atoms with van der Waals surface area (Å²) in [6, 6.07) is 12.6. The van der Waals surface area contributed by atoms with E-state index in [9.17, 15) is 13.2 Å². The number of piperidine rings is 1. The van der Waals surface area contributed by atoms with Crippen LogP contribution in [0.4, 0.5) is 5.69 Å². The Labute approximate surface area is 198 Å². The smallest absolute Gasteiger partial charge is 0.246 e. The fourth-order valence-electron chi connectivity index (χ4n) is 4.00. The minimum absolute atomic E-state index is 0.135. The second-order valence-corrected chi connectivity index (χ2v) is 11.1. The van der Waals surface area contributed by atoms with E-state index < -0.39 is 15.9 Å². The van der Waals surface area contributed by atoms with E-state index in [4.69, 9.17) is 4.74 Å². The molecule has 3 aromatic rings. The van der Waals surface area contributed by atoms with Crippen LogP contribution < -0.4 is 10.1 Å². The largest absolute Gasteiger partial charge is 0.495 e. The summed E-state index contributed by atoms with van der Waals surface area (Å²) in [6.07, 6.45) is 1.25. The van der Waals surface area contributed by atoms with Gasteiger partial charge in [-0.15, -0.1) is 11.3 Å². The van der Waals surface area contributed by atoms with Crippen LogP contribution in [0.3, 0.4) is 0 Å². The Kier molecular flexibility index (Phi) is 6.83. The summed E-state index contributed by atoms with van der Waals surface area (Å²) in [6.45, 7) is 4.30. The third-order valence-corrected chi connectivity index (χ3v) is 8.40. The number of aryl methyl sites for hydroxylation is 2. The minimum atomic E-state index is -3.79. The highest BCUT2D eigenvalue weighted by molar-refractivity contribution is 7.89. The van der Waals surface area contributed by atoms with Gasteiger partial charge >= 0.3 is 0 Å². The van der Waals surface area contributed by atoms with Crippen LogP contribution >= 0.6 is 11.3 Å². The lowest BCUT2D eigenvalue weighted by Crippen LogP contribution is -2.43. The van der Waals surface area contributed by atoms with Gasteiger partial charge in [0.1, 0.15) is 10.6 Å². The second-order valence-electron chi connectivity index (χ2n) is 8.18. The van der Waals surface area contributed by atoms with Crippen LogP contribution in [-0.4, -0.2) is 43.8 Å².